The number of carbonyl (C=O) groups is 1. The van der Waals surface area contributed by atoms with Crippen molar-refractivity contribution in [3.8, 4) is 11.5 Å². The molecule has 0 aliphatic heterocycles. The Bertz CT molecular complexity index is 408. The van der Waals surface area contributed by atoms with Crippen LogP contribution in [0.5, 0.6) is 11.5 Å². The summed E-state index contributed by atoms with van der Waals surface area (Å²) >= 11 is 0. The Hall–Kier alpha value is -1.78. The third-order valence-electron chi connectivity index (χ3n) is 1.55. The number of H-pyrrole nitrogens is 1. The van der Waals surface area contributed by atoms with Crippen LogP contribution in [0.4, 0.5) is 0 Å². The summed E-state index contributed by atoms with van der Waals surface area (Å²) in [6, 6.07) is 1.58. The highest BCUT2D eigenvalue weighted by atomic mass is 16.6. The standard InChI is InChI=1S/C9H11NO4/c1-5-4-7(13-3)8(9(12)10-5)14-6(2)11/h4H,1-3H3,(H,10,12). The first kappa shape index (κ1) is 10.3. The molecule has 1 aromatic rings. The van der Waals surface area contributed by atoms with Crippen LogP contribution in [0.25, 0.3) is 0 Å². The Labute approximate surface area is 80.7 Å². The summed E-state index contributed by atoms with van der Waals surface area (Å²) in [5.74, 6) is -0.412. The van der Waals surface area contributed by atoms with Crippen LogP contribution >= 0.6 is 0 Å². The van der Waals surface area contributed by atoms with Crippen LogP contribution in [-0.4, -0.2) is 18.1 Å². The molecule has 0 saturated heterocycles. The number of hydrogen-bond acceptors (Lipinski definition) is 4. The number of rotatable bonds is 2. The SMILES string of the molecule is COc1cc(C)[nH]c(=O)c1OC(C)=O. The number of aromatic nitrogens is 1. The Morgan fingerprint density at radius 3 is 2.64 bits per heavy atom. The molecule has 0 fully saturated rings. The fourth-order valence-electron chi connectivity index (χ4n) is 1.04. The van der Waals surface area contributed by atoms with Crippen LogP contribution in [0.3, 0.4) is 0 Å². The fourth-order valence-corrected chi connectivity index (χ4v) is 1.04. The monoisotopic (exact) mass is 197 g/mol. The van der Waals surface area contributed by atoms with Gasteiger partial charge in [0.25, 0.3) is 5.56 Å². The second-order valence-corrected chi connectivity index (χ2v) is 2.77. The van der Waals surface area contributed by atoms with Crippen molar-refractivity contribution in [2.24, 2.45) is 0 Å². The van der Waals surface area contributed by atoms with Crippen LogP contribution in [0, 0.1) is 6.92 Å². The van der Waals surface area contributed by atoms with Crippen molar-refractivity contribution in [3.05, 3.63) is 22.1 Å². The number of esters is 1. The largest absolute Gasteiger partial charge is 0.493 e. The van der Waals surface area contributed by atoms with Crippen LogP contribution in [0.1, 0.15) is 12.6 Å². The van der Waals surface area contributed by atoms with E-state index in [2.05, 4.69) is 4.98 Å². The zero-order chi connectivity index (χ0) is 10.7. The van der Waals surface area contributed by atoms with Gasteiger partial charge < -0.3 is 14.5 Å². The minimum Gasteiger partial charge on any atom is -0.493 e. The highest BCUT2D eigenvalue weighted by molar-refractivity contribution is 5.70. The molecule has 76 valence electrons. The first-order valence-electron chi connectivity index (χ1n) is 4.01. The molecule has 0 atom stereocenters. The fraction of sp³-hybridized carbons (Fsp3) is 0.333. The molecule has 5 heteroatoms. The Kier molecular flexibility index (Phi) is 2.91. The first-order chi connectivity index (χ1) is 6.54. The highest BCUT2D eigenvalue weighted by Crippen LogP contribution is 2.22. The summed E-state index contributed by atoms with van der Waals surface area (Å²) in [4.78, 5) is 24.5. The predicted molar refractivity (Wildman–Crippen MR) is 49.7 cm³/mol. The molecule has 1 aromatic heterocycles. The normalized spacial score (nSPS) is 9.64. The zero-order valence-corrected chi connectivity index (χ0v) is 8.21. The lowest BCUT2D eigenvalue weighted by Crippen LogP contribution is -2.16. The lowest BCUT2D eigenvalue weighted by atomic mass is 10.3. The second kappa shape index (κ2) is 3.95. The smallest absolute Gasteiger partial charge is 0.308 e. The van der Waals surface area contributed by atoms with E-state index >= 15 is 0 Å². The van der Waals surface area contributed by atoms with Crippen molar-refractivity contribution in [2.45, 2.75) is 13.8 Å². The van der Waals surface area contributed by atoms with Gasteiger partial charge in [0.2, 0.25) is 5.75 Å². The van der Waals surface area contributed by atoms with E-state index in [4.69, 9.17) is 9.47 Å². The van der Waals surface area contributed by atoms with Crippen LogP contribution in [0.15, 0.2) is 10.9 Å². The van der Waals surface area contributed by atoms with Crippen LogP contribution in [0.2, 0.25) is 0 Å². The molecular formula is C9H11NO4. The van der Waals surface area contributed by atoms with Crippen LogP contribution in [-0.2, 0) is 4.79 Å². The van der Waals surface area contributed by atoms with Crippen molar-refractivity contribution >= 4 is 5.97 Å². The van der Waals surface area contributed by atoms with Gasteiger partial charge in [0.15, 0.2) is 5.75 Å². The number of pyridine rings is 1. The maximum Gasteiger partial charge on any atom is 0.308 e. The lowest BCUT2D eigenvalue weighted by Gasteiger charge is -2.06. The minimum absolute atomic E-state index is 0.106. The molecule has 0 spiro atoms. The molecule has 0 aliphatic carbocycles. The van der Waals surface area contributed by atoms with E-state index in [-0.39, 0.29) is 11.5 Å². The molecule has 0 unspecified atom stereocenters. The minimum atomic E-state index is -0.558. The topological polar surface area (TPSA) is 68.4 Å². The van der Waals surface area contributed by atoms with Crippen LogP contribution < -0.4 is 15.0 Å². The average molecular weight is 197 g/mol. The van der Waals surface area contributed by atoms with Gasteiger partial charge in [-0.05, 0) is 6.92 Å². The van der Waals surface area contributed by atoms with Gasteiger partial charge in [-0.2, -0.15) is 0 Å². The van der Waals surface area contributed by atoms with Gasteiger partial charge in [0.1, 0.15) is 0 Å². The number of methoxy groups -OCH3 is 1. The van der Waals surface area contributed by atoms with Gasteiger partial charge >= 0.3 is 5.97 Å². The molecule has 14 heavy (non-hydrogen) atoms. The van der Waals surface area contributed by atoms with E-state index < -0.39 is 11.5 Å². The number of aryl methyl sites for hydroxylation is 1. The Morgan fingerprint density at radius 2 is 2.14 bits per heavy atom. The Morgan fingerprint density at radius 1 is 1.50 bits per heavy atom. The first-order valence-corrected chi connectivity index (χ1v) is 4.01. The average Bonchev–Trinajstić information content (AvgIpc) is 2.08. The van der Waals surface area contributed by atoms with E-state index in [9.17, 15) is 9.59 Å². The molecule has 1 rings (SSSR count). The van der Waals surface area contributed by atoms with E-state index in [1.807, 2.05) is 0 Å². The second-order valence-electron chi connectivity index (χ2n) is 2.77. The van der Waals surface area contributed by atoms with Crippen molar-refractivity contribution in [1.29, 1.82) is 0 Å². The third kappa shape index (κ3) is 2.12. The third-order valence-corrected chi connectivity index (χ3v) is 1.55. The molecule has 1 N–H and O–H groups in total. The molecule has 5 nitrogen and oxygen atoms in total. The molecule has 0 amide bonds. The quantitative estimate of drug-likeness (QED) is 0.705. The van der Waals surface area contributed by atoms with E-state index in [0.717, 1.165) is 0 Å². The van der Waals surface area contributed by atoms with Gasteiger partial charge in [-0.1, -0.05) is 0 Å². The van der Waals surface area contributed by atoms with Gasteiger partial charge in [0, 0.05) is 18.7 Å². The van der Waals surface area contributed by atoms with Gasteiger partial charge in [-0.15, -0.1) is 0 Å². The number of hydrogen-bond donors (Lipinski definition) is 1. The summed E-state index contributed by atoms with van der Waals surface area (Å²) in [5.41, 5.74) is 0.166. The molecule has 0 aliphatic rings. The van der Waals surface area contributed by atoms with Gasteiger partial charge in [0.05, 0.1) is 7.11 Å². The number of nitrogens with one attached hydrogen (secondary N) is 1. The number of ether oxygens (including phenoxy) is 2. The molecule has 0 aromatic carbocycles. The van der Waals surface area contributed by atoms with E-state index in [0.29, 0.717) is 5.69 Å². The summed E-state index contributed by atoms with van der Waals surface area (Å²) in [7, 11) is 1.40. The molecule has 0 bridgehead atoms. The Balaban J connectivity index is 3.25. The maximum atomic E-state index is 11.3. The lowest BCUT2D eigenvalue weighted by molar-refractivity contribution is -0.132. The number of aromatic amines is 1. The maximum absolute atomic E-state index is 11.3. The van der Waals surface area contributed by atoms with Crippen molar-refractivity contribution in [2.75, 3.05) is 7.11 Å². The van der Waals surface area contributed by atoms with Gasteiger partial charge in [-0.3, -0.25) is 9.59 Å². The molecule has 1 heterocycles. The summed E-state index contributed by atoms with van der Waals surface area (Å²) in [6.07, 6.45) is 0. The summed E-state index contributed by atoms with van der Waals surface area (Å²) in [5, 5.41) is 0. The number of carbonyl (C=O) groups excluding carboxylic acids is 1. The zero-order valence-electron chi connectivity index (χ0n) is 8.21. The molecule has 0 radical (unpaired) electrons. The highest BCUT2D eigenvalue weighted by Gasteiger charge is 2.12. The van der Waals surface area contributed by atoms with Crippen molar-refractivity contribution < 1.29 is 14.3 Å². The summed E-state index contributed by atoms with van der Waals surface area (Å²) < 4.78 is 9.62. The van der Waals surface area contributed by atoms with Gasteiger partial charge in [-0.25, -0.2) is 0 Å². The molecule has 0 saturated carbocycles. The van der Waals surface area contributed by atoms with E-state index in [1.54, 1.807) is 13.0 Å². The van der Waals surface area contributed by atoms with E-state index in [1.165, 1.54) is 14.0 Å². The predicted octanol–water partition coefficient (Wildman–Crippen LogP) is 0.617. The molecular weight excluding hydrogens is 186 g/mol. The van der Waals surface area contributed by atoms with Crippen molar-refractivity contribution in [1.82, 2.24) is 4.98 Å². The summed E-state index contributed by atoms with van der Waals surface area (Å²) in [6.45, 7) is 2.93. The van der Waals surface area contributed by atoms with Crippen molar-refractivity contribution in [3.63, 3.8) is 0 Å².